The van der Waals surface area contributed by atoms with Crippen LogP contribution in [0.1, 0.15) is 5.76 Å². The molecular formula is C17H17N3O3. The molecule has 1 aromatic carbocycles. The lowest BCUT2D eigenvalue weighted by molar-refractivity contribution is -0.120. The van der Waals surface area contributed by atoms with Crippen molar-refractivity contribution in [2.45, 2.75) is 0 Å². The number of nitrogens with one attached hydrogen (secondary N) is 2. The Morgan fingerprint density at radius 1 is 1.26 bits per heavy atom. The number of nitrogens with zero attached hydrogens (tertiary/aromatic N) is 1. The average Bonchev–Trinajstić information content (AvgIpc) is 3.07. The van der Waals surface area contributed by atoms with Crippen LogP contribution in [0.4, 0.5) is 11.4 Å². The second-order valence-corrected chi connectivity index (χ2v) is 5.13. The topological polar surface area (TPSA) is 74.6 Å². The smallest absolute Gasteiger partial charge is 0.248 e. The van der Waals surface area contributed by atoms with E-state index in [2.05, 4.69) is 10.6 Å². The van der Waals surface area contributed by atoms with Crippen molar-refractivity contribution in [2.75, 3.05) is 29.9 Å². The minimum atomic E-state index is -0.254. The number of rotatable bonds is 4. The number of anilines is 2. The zero-order valence-corrected chi connectivity index (χ0v) is 12.5. The van der Waals surface area contributed by atoms with Gasteiger partial charge < -0.3 is 20.0 Å². The fourth-order valence-electron chi connectivity index (χ4n) is 2.42. The van der Waals surface area contributed by atoms with Gasteiger partial charge in [-0.2, -0.15) is 0 Å². The van der Waals surface area contributed by atoms with Gasteiger partial charge in [0.2, 0.25) is 11.8 Å². The first-order valence-corrected chi connectivity index (χ1v) is 7.35. The van der Waals surface area contributed by atoms with Crippen molar-refractivity contribution in [2.24, 2.45) is 0 Å². The number of carbonyl (C=O) groups excluding carboxylic acids is 2. The zero-order chi connectivity index (χ0) is 16.1. The minimum absolute atomic E-state index is 0.0184. The highest BCUT2D eigenvalue weighted by molar-refractivity contribution is 6.03. The first-order chi connectivity index (χ1) is 11.2. The standard InChI is InChI=1S/C17H17N3O3/c21-16(8-7-13-4-3-11-23-13)19-14-5-1-2-6-15(14)20-10-9-18-17(22)12-20/h1-8,11H,9-10,12H2,(H,18,22)(H,19,21)/b8-7+. The van der Waals surface area contributed by atoms with Crippen molar-refractivity contribution >= 4 is 29.3 Å². The molecule has 0 radical (unpaired) electrons. The third kappa shape index (κ3) is 3.79. The van der Waals surface area contributed by atoms with Gasteiger partial charge in [0.1, 0.15) is 5.76 Å². The van der Waals surface area contributed by atoms with Crippen LogP contribution in [0, 0.1) is 0 Å². The third-order valence-corrected chi connectivity index (χ3v) is 3.48. The fraction of sp³-hybridized carbons (Fsp3) is 0.176. The average molecular weight is 311 g/mol. The van der Waals surface area contributed by atoms with Gasteiger partial charge in [-0.15, -0.1) is 0 Å². The molecule has 118 valence electrons. The van der Waals surface area contributed by atoms with Crippen LogP contribution in [-0.4, -0.2) is 31.4 Å². The van der Waals surface area contributed by atoms with E-state index < -0.39 is 0 Å². The molecule has 1 aliphatic heterocycles. The van der Waals surface area contributed by atoms with E-state index in [0.717, 1.165) is 5.69 Å². The Balaban J connectivity index is 1.72. The van der Waals surface area contributed by atoms with E-state index in [4.69, 9.17) is 4.42 Å². The van der Waals surface area contributed by atoms with Crippen molar-refractivity contribution in [1.29, 1.82) is 0 Å². The molecule has 23 heavy (non-hydrogen) atoms. The third-order valence-electron chi connectivity index (χ3n) is 3.48. The molecule has 2 aromatic rings. The summed E-state index contributed by atoms with van der Waals surface area (Å²) in [7, 11) is 0. The molecule has 0 aliphatic carbocycles. The summed E-state index contributed by atoms with van der Waals surface area (Å²) in [6, 6.07) is 11.0. The van der Waals surface area contributed by atoms with Gasteiger partial charge in [0, 0.05) is 19.2 Å². The number of benzene rings is 1. The van der Waals surface area contributed by atoms with E-state index in [1.165, 1.54) is 6.08 Å². The molecule has 2 amide bonds. The summed E-state index contributed by atoms with van der Waals surface area (Å²) in [5, 5.41) is 5.63. The maximum Gasteiger partial charge on any atom is 0.248 e. The predicted octanol–water partition coefficient (Wildman–Crippen LogP) is 1.87. The number of furan rings is 1. The van der Waals surface area contributed by atoms with Gasteiger partial charge in [-0.1, -0.05) is 12.1 Å². The Hall–Kier alpha value is -3.02. The van der Waals surface area contributed by atoms with Crippen LogP contribution in [0.5, 0.6) is 0 Å². The van der Waals surface area contributed by atoms with Crippen LogP contribution in [0.15, 0.2) is 53.2 Å². The summed E-state index contributed by atoms with van der Waals surface area (Å²) in [4.78, 5) is 25.6. The highest BCUT2D eigenvalue weighted by atomic mass is 16.3. The molecule has 0 saturated carbocycles. The molecule has 2 N–H and O–H groups in total. The Bertz CT molecular complexity index is 722. The van der Waals surface area contributed by atoms with Crippen LogP contribution in [0.3, 0.4) is 0 Å². The monoisotopic (exact) mass is 311 g/mol. The Morgan fingerprint density at radius 2 is 2.13 bits per heavy atom. The highest BCUT2D eigenvalue weighted by Gasteiger charge is 2.19. The fourth-order valence-corrected chi connectivity index (χ4v) is 2.42. The Morgan fingerprint density at radius 3 is 2.91 bits per heavy atom. The van der Waals surface area contributed by atoms with E-state index in [0.29, 0.717) is 24.5 Å². The van der Waals surface area contributed by atoms with E-state index in [-0.39, 0.29) is 18.4 Å². The molecule has 6 nitrogen and oxygen atoms in total. The van der Waals surface area contributed by atoms with Gasteiger partial charge in [-0.3, -0.25) is 9.59 Å². The summed E-state index contributed by atoms with van der Waals surface area (Å²) >= 11 is 0. The van der Waals surface area contributed by atoms with Gasteiger partial charge in [0.05, 0.1) is 24.2 Å². The highest BCUT2D eigenvalue weighted by Crippen LogP contribution is 2.26. The lowest BCUT2D eigenvalue weighted by atomic mass is 10.2. The summed E-state index contributed by atoms with van der Waals surface area (Å²) in [5.74, 6) is 0.339. The molecular weight excluding hydrogens is 294 g/mol. The van der Waals surface area contributed by atoms with Crippen molar-refractivity contribution in [3.8, 4) is 0 Å². The van der Waals surface area contributed by atoms with Gasteiger partial charge in [0.15, 0.2) is 0 Å². The molecule has 0 unspecified atom stereocenters. The van der Waals surface area contributed by atoms with Gasteiger partial charge in [0.25, 0.3) is 0 Å². The number of para-hydroxylation sites is 2. The van der Waals surface area contributed by atoms with E-state index in [1.54, 1.807) is 24.5 Å². The zero-order valence-electron chi connectivity index (χ0n) is 12.5. The molecule has 1 aliphatic rings. The molecule has 1 fully saturated rings. The van der Waals surface area contributed by atoms with Crippen molar-refractivity contribution in [3.63, 3.8) is 0 Å². The van der Waals surface area contributed by atoms with E-state index in [9.17, 15) is 9.59 Å². The second kappa shape index (κ2) is 6.83. The molecule has 1 aromatic heterocycles. The van der Waals surface area contributed by atoms with Crippen molar-refractivity contribution in [1.82, 2.24) is 5.32 Å². The van der Waals surface area contributed by atoms with Crippen LogP contribution in [-0.2, 0) is 9.59 Å². The quantitative estimate of drug-likeness (QED) is 0.845. The van der Waals surface area contributed by atoms with Crippen LogP contribution in [0.2, 0.25) is 0 Å². The van der Waals surface area contributed by atoms with Crippen molar-refractivity contribution < 1.29 is 14.0 Å². The van der Waals surface area contributed by atoms with Gasteiger partial charge in [-0.25, -0.2) is 0 Å². The first kappa shape index (κ1) is 14.9. The summed E-state index contributed by atoms with van der Waals surface area (Å²) < 4.78 is 5.15. The largest absolute Gasteiger partial charge is 0.465 e. The lowest BCUT2D eigenvalue weighted by Crippen LogP contribution is -2.47. The number of hydrogen-bond donors (Lipinski definition) is 2. The number of piperazine rings is 1. The van der Waals surface area contributed by atoms with E-state index in [1.807, 2.05) is 29.2 Å². The molecule has 6 heteroatoms. The molecule has 1 saturated heterocycles. The minimum Gasteiger partial charge on any atom is -0.465 e. The molecule has 3 rings (SSSR count). The number of hydrogen-bond acceptors (Lipinski definition) is 4. The molecule has 0 spiro atoms. The SMILES string of the molecule is O=C(/C=C/c1ccco1)Nc1ccccc1N1CCNC(=O)C1. The first-order valence-electron chi connectivity index (χ1n) is 7.35. The molecule has 0 bridgehead atoms. The summed E-state index contributed by atoms with van der Waals surface area (Å²) in [6.07, 6.45) is 4.57. The molecule has 0 atom stereocenters. The predicted molar refractivity (Wildman–Crippen MR) is 88.0 cm³/mol. The van der Waals surface area contributed by atoms with Crippen LogP contribution < -0.4 is 15.5 Å². The summed E-state index contributed by atoms with van der Waals surface area (Å²) in [5.41, 5.74) is 1.51. The van der Waals surface area contributed by atoms with Crippen LogP contribution in [0.25, 0.3) is 6.08 Å². The second-order valence-electron chi connectivity index (χ2n) is 5.13. The van der Waals surface area contributed by atoms with E-state index >= 15 is 0 Å². The molecule has 2 heterocycles. The Kier molecular flexibility index (Phi) is 4.42. The van der Waals surface area contributed by atoms with Gasteiger partial charge >= 0.3 is 0 Å². The van der Waals surface area contributed by atoms with Crippen molar-refractivity contribution in [3.05, 3.63) is 54.5 Å². The van der Waals surface area contributed by atoms with Crippen LogP contribution >= 0.6 is 0 Å². The van der Waals surface area contributed by atoms with Gasteiger partial charge in [-0.05, 0) is 30.3 Å². The number of carbonyl (C=O) groups is 2. The maximum absolute atomic E-state index is 12.1. The normalized spacial score (nSPS) is 14.8. The summed E-state index contributed by atoms with van der Waals surface area (Å²) in [6.45, 7) is 1.59. The maximum atomic E-state index is 12.1. The lowest BCUT2D eigenvalue weighted by Gasteiger charge is -2.30. The number of amides is 2. The Labute approximate surface area is 133 Å².